The van der Waals surface area contributed by atoms with Gasteiger partial charge in [-0.2, -0.15) is 11.8 Å². The molecule has 3 nitrogen and oxygen atoms in total. The molecule has 0 saturated heterocycles. The third-order valence-electron chi connectivity index (χ3n) is 2.63. The summed E-state index contributed by atoms with van der Waals surface area (Å²) >= 11 is 1.91. The number of thioether (sulfide) groups is 1. The number of nitrogens with one attached hydrogen (secondary N) is 1. The first-order chi connectivity index (χ1) is 8.29. The fourth-order valence-electron chi connectivity index (χ4n) is 1.65. The van der Waals surface area contributed by atoms with Crippen molar-refractivity contribution in [2.24, 2.45) is 0 Å². The number of hydrogen-bond donors (Lipinski definition) is 2. The van der Waals surface area contributed by atoms with Crippen molar-refractivity contribution in [2.75, 3.05) is 36.7 Å². The zero-order valence-corrected chi connectivity index (χ0v) is 11.5. The fraction of sp³-hybridized carbons (Fsp3) is 0.538. The second-order valence-electron chi connectivity index (χ2n) is 3.90. The molecule has 0 heterocycles. The van der Waals surface area contributed by atoms with Crippen LogP contribution in [0.2, 0.25) is 0 Å². The van der Waals surface area contributed by atoms with Gasteiger partial charge in [0.05, 0.1) is 18.5 Å². The molecule has 0 atom stereocenters. The van der Waals surface area contributed by atoms with Crippen LogP contribution in [0, 0.1) is 0 Å². The summed E-state index contributed by atoms with van der Waals surface area (Å²) in [5, 5.41) is 3.35. The van der Waals surface area contributed by atoms with E-state index in [0.717, 1.165) is 18.0 Å². The van der Waals surface area contributed by atoms with Crippen LogP contribution < -0.4 is 15.8 Å². The lowest BCUT2D eigenvalue weighted by Gasteiger charge is -2.11. The maximum absolute atomic E-state index is 5.97. The molecule has 1 rings (SSSR count). The standard InChI is InChI=1S/C13H22N2OS/c1-16-12-8-6-7-11(13(12)14)15-9-4-3-5-10-17-2/h6-8,15H,3-5,9-10,14H2,1-2H3. The number of benzene rings is 1. The number of nitrogens with two attached hydrogens (primary N) is 1. The van der Waals surface area contributed by atoms with Gasteiger partial charge in [-0.1, -0.05) is 12.5 Å². The molecule has 0 saturated carbocycles. The highest BCUT2D eigenvalue weighted by molar-refractivity contribution is 7.98. The van der Waals surface area contributed by atoms with Gasteiger partial charge in [0, 0.05) is 6.54 Å². The number of nitrogen functional groups attached to an aromatic ring is 1. The average molecular weight is 254 g/mol. The summed E-state index contributed by atoms with van der Waals surface area (Å²) < 4.78 is 5.18. The topological polar surface area (TPSA) is 47.3 Å². The van der Waals surface area contributed by atoms with E-state index >= 15 is 0 Å². The van der Waals surface area contributed by atoms with E-state index in [4.69, 9.17) is 10.5 Å². The first-order valence-corrected chi connectivity index (χ1v) is 7.34. The number of hydrogen-bond acceptors (Lipinski definition) is 4. The fourth-order valence-corrected chi connectivity index (χ4v) is 2.14. The Kier molecular flexibility index (Phi) is 6.70. The predicted molar refractivity (Wildman–Crippen MR) is 78.1 cm³/mol. The molecule has 0 aliphatic rings. The van der Waals surface area contributed by atoms with E-state index in [9.17, 15) is 0 Å². The maximum Gasteiger partial charge on any atom is 0.143 e. The molecule has 0 bridgehead atoms. The molecule has 3 N–H and O–H groups in total. The average Bonchev–Trinajstić information content (AvgIpc) is 2.35. The summed E-state index contributed by atoms with van der Waals surface area (Å²) in [5.41, 5.74) is 7.63. The van der Waals surface area contributed by atoms with Crippen LogP contribution in [-0.4, -0.2) is 25.7 Å². The summed E-state index contributed by atoms with van der Waals surface area (Å²) in [4.78, 5) is 0. The van der Waals surface area contributed by atoms with Crippen molar-refractivity contribution in [3.05, 3.63) is 18.2 Å². The lowest BCUT2D eigenvalue weighted by Crippen LogP contribution is -2.05. The van der Waals surface area contributed by atoms with Gasteiger partial charge in [-0.3, -0.25) is 0 Å². The minimum absolute atomic E-state index is 0.694. The minimum Gasteiger partial charge on any atom is -0.495 e. The monoisotopic (exact) mass is 254 g/mol. The molecule has 0 amide bonds. The Labute approximate surface area is 108 Å². The van der Waals surface area contributed by atoms with Crippen molar-refractivity contribution in [2.45, 2.75) is 19.3 Å². The molecule has 0 unspecified atom stereocenters. The number of methoxy groups -OCH3 is 1. The normalized spacial score (nSPS) is 10.2. The van der Waals surface area contributed by atoms with Crippen molar-refractivity contribution >= 4 is 23.1 Å². The Bertz CT molecular complexity index is 331. The molecule has 0 fully saturated rings. The Balaban J connectivity index is 2.31. The molecule has 0 spiro atoms. The van der Waals surface area contributed by atoms with Gasteiger partial charge in [0.25, 0.3) is 0 Å². The van der Waals surface area contributed by atoms with Crippen LogP contribution in [-0.2, 0) is 0 Å². The number of unbranched alkanes of at least 4 members (excludes halogenated alkanes) is 2. The lowest BCUT2D eigenvalue weighted by molar-refractivity contribution is 0.417. The SMILES string of the molecule is COc1cccc(NCCCCCSC)c1N. The van der Waals surface area contributed by atoms with E-state index in [1.54, 1.807) is 7.11 Å². The van der Waals surface area contributed by atoms with E-state index in [1.165, 1.54) is 25.0 Å². The van der Waals surface area contributed by atoms with Gasteiger partial charge in [-0.15, -0.1) is 0 Å². The van der Waals surface area contributed by atoms with Gasteiger partial charge >= 0.3 is 0 Å². The summed E-state index contributed by atoms with van der Waals surface area (Å²) in [6.07, 6.45) is 5.88. The van der Waals surface area contributed by atoms with Crippen LogP contribution in [0.25, 0.3) is 0 Å². The maximum atomic E-state index is 5.97. The highest BCUT2D eigenvalue weighted by Crippen LogP contribution is 2.28. The van der Waals surface area contributed by atoms with Crippen molar-refractivity contribution in [3.63, 3.8) is 0 Å². The Morgan fingerprint density at radius 2 is 2.12 bits per heavy atom. The highest BCUT2D eigenvalue weighted by Gasteiger charge is 2.03. The van der Waals surface area contributed by atoms with Crippen LogP contribution in [0.5, 0.6) is 5.75 Å². The second kappa shape index (κ2) is 8.12. The smallest absolute Gasteiger partial charge is 0.143 e. The second-order valence-corrected chi connectivity index (χ2v) is 4.89. The van der Waals surface area contributed by atoms with Crippen LogP contribution in [0.1, 0.15) is 19.3 Å². The van der Waals surface area contributed by atoms with Gasteiger partial charge in [-0.25, -0.2) is 0 Å². The van der Waals surface area contributed by atoms with Crippen molar-refractivity contribution in [3.8, 4) is 5.75 Å². The zero-order valence-electron chi connectivity index (χ0n) is 10.7. The van der Waals surface area contributed by atoms with Crippen LogP contribution in [0.3, 0.4) is 0 Å². The van der Waals surface area contributed by atoms with Crippen molar-refractivity contribution in [1.29, 1.82) is 0 Å². The van der Waals surface area contributed by atoms with Crippen molar-refractivity contribution < 1.29 is 4.74 Å². The van der Waals surface area contributed by atoms with Gasteiger partial charge in [-0.05, 0) is 37.0 Å². The molecule has 0 radical (unpaired) electrons. The summed E-state index contributed by atoms with van der Waals surface area (Å²) in [7, 11) is 1.64. The molecule has 0 aliphatic carbocycles. The molecule has 96 valence electrons. The summed E-state index contributed by atoms with van der Waals surface area (Å²) in [6.45, 7) is 0.964. The molecule has 1 aromatic rings. The Morgan fingerprint density at radius 1 is 1.29 bits per heavy atom. The molecular formula is C13H22N2OS. The molecule has 4 heteroatoms. The molecular weight excluding hydrogens is 232 g/mol. The van der Waals surface area contributed by atoms with E-state index in [0.29, 0.717) is 5.69 Å². The number of rotatable bonds is 8. The van der Waals surface area contributed by atoms with Crippen molar-refractivity contribution in [1.82, 2.24) is 0 Å². The predicted octanol–water partition coefficient (Wildman–Crippen LogP) is 3.22. The Morgan fingerprint density at radius 3 is 2.82 bits per heavy atom. The highest BCUT2D eigenvalue weighted by atomic mass is 32.2. The lowest BCUT2D eigenvalue weighted by atomic mass is 10.2. The largest absolute Gasteiger partial charge is 0.495 e. The quantitative estimate of drug-likeness (QED) is 0.552. The molecule has 1 aromatic carbocycles. The van der Waals surface area contributed by atoms with E-state index < -0.39 is 0 Å². The van der Waals surface area contributed by atoms with Gasteiger partial charge in [0.2, 0.25) is 0 Å². The van der Waals surface area contributed by atoms with Gasteiger partial charge in [0.1, 0.15) is 5.75 Å². The first kappa shape index (κ1) is 14.0. The van der Waals surface area contributed by atoms with Gasteiger partial charge < -0.3 is 15.8 Å². The van der Waals surface area contributed by atoms with Crippen LogP contribution in [0.15, 0.2) is 18.2 Å². The number of anilines is 2. The van der Waals surface area contributed by atoms with Crippen LogP contribution in [0.4, 0.5) is 11.4 Å². The van der Waals surface area contributed by atoms with E-state index in [1.807, 2.05) is 30.0 Å². The molecule has 0 aliphatic heterocycles. The third kappa shape index (κ3) is 4.77. The number of ether oxygens (including phenoxy) is 1. The Hall–Kier alpha value is -1.03. The van der Waals surface area contributed by atoms with Gasteiger partial charge in [0.15, 0.2) is 0 Å². The molecule has 17 heavy (non-hydrogen) atoms. The van der Waals surface area contributed by atoms with E-state index in [2.05, 4.69) is 11.6 Å². The van der Waals surface area contributed by atoms with Crippen LogP contribution >= 0.6 is 11.8 Å². The van der Waals surface area contributed by atoms with E-state index in [-0.39, 0.29) is 0 Å². The minimum atomic E-state index is 0.694. The molecule has 0 aromatic heterocycles. The first-order valence-electron chi connectivity index (χ1n) is 5.95. The summed E-state index contributed by atoms with van der Waals surface area (Å²) in [6, 6.07) is 5.81. The zero-order chi connectivity index (χ0) is 12.5. The summed E-state index contributed by atoms with van der Waals surface area (Å²) in [5.74, 6) is 1.98. The number of para-hydroxylation sites is 1. The third-order valence-corrected chi connectivity index (χ3v) is 3.32.